The summed E-state index contributed by atoms with van der Waals surface area (Å²) in [7, 11) is -1.54. The van der Waals surface area contributed by atoms with Gasteiger partial charge in [-0.15, -0.1) is 0 Å². The number of hydrazine groups is 1. The van der Waals surface area contributed by atoms with Crippen LogP contribution in [0.4, 0.5) is 0 Å². The summed E-state index contributed by atoms with van der Waals surface area (Å²) in [5.74, 6) is -0.00558. The molecular formula is C18H26N2O6S. The molecule has 0 unspecified atom stereocenters. The number of amides is 2. The van der Waals surface area contributed by atoms with E-state index < -0.39 is 21.7 Å². The lowest BCUT2D eigenvalue weighted by Crippen LogP contribution is -2.42. The Kier molecular flexibility index (Phi) is 7.46. The summed E-state index contributed by atoms with van der Waals surface area (Å²) in [5.41, 5.74) is 4.96. The Labute approximate surface area is 159 Å². The fourth-order valence-corrected chi connectivity index (χ4v) is 4.66. The highest BCUT2D eigenvalue weighted by Crippen LogP contribution is 2.28. The highest BCUT2D eigenvalue weighted by Gasteiger charge is 2.29. The van der Waals surface area contributed by atoms with Gasteiger partial charge in [-0.2, -0.15) is 0 Å². The van der Waals surface area contributed by atoms with Crippen LogP contribution in [-0.2, 0) is 14.6 Å². The molecule has 1 aromatic carbocycles. The standard InChI is InChI=1S/C18H26N2O6S/c1-3-4-8-26-15-6-5-14(11-16(15)25-2)18(22)20-19-17(21)10-13-7-9-27(23,24)12-13/h5-6,11,13H,3-4,7-10,12H2,1-2H3,(H,19,21)(H,20,22)/t13-/m1/s1. The zero-order valence-electron chi connectivity index (χ0n) is 15.6. The molecule has 1 atom stereocenters. The molecule has 1 aliphatic heterocycles. The largest absolute Gasteiger partial charge is 0.493 e. The molecule has 0 aliphatic carbocycles. The maximum atomic E-state index is 12.2. The van der Waals surface area contributed by atoms with E-state index >= 15 is 0 Å². The van der Waals surface area contributed by atoms with Gasteiger partial charge in [0.2, 0.25) is 5.91 Å². The maximum absolute atomic E-state index is 12.2. The topological polar surface area (TPSA) is 111 Å². The molecular weight excluding hydrogens is 372 g/mol. The van der Waals surface area contributed by atoms with Crippen molar-refractivity contribution < 1.29 is 27.5 Å². The Morgan fingerprint density at radius 2 is 2.00 bits per heavy atom. The number of unbranched alkanes of at least 4 members (excludes halogenated alkanes) is 1. The van der Waals surface area contributed by atoms with E-state index in [9.17, 15) is 18.0 Å². The molecule has 0 aromatic heterocycles. The Balaban J connectivity index is 1.86. The second-order valence-corrected chi connectivity index (χ2v) is 8.77. The molecule has 8 nitrogen and oxygen atoms in total. The molecule has 2 N–H and O–H groups in total. The summed E-state index contributed by atoms with van der Waals surface area (Å²) in [4.78, 5) is 24.1. The zero-order valence-corrected chi connectivity index (χ0v) is 16.4. The molecule has 0 radical (unpaired) electrons. The average Bonchev–Trinajstić information content (AvgIpc) is 2.98. The Hall–Kier alpha value is -2.29. The Morgan fingerprint density at radius 3 is 2.63 bits per heavy atom. The number of ether oxygens (including phenoxy) is 2. The minimum atomic E-state index is -3.03. The third kappa shape index (κ3) is 6.42. The number of rotatable bonds is 8. The van der Waals surface area contributed by atoms with E-state index in [1.165, 1.54) is 13.2 Å². The third-order valence-electron chi connectivity index (χ3n) is 4.30. The molecule has 1 aliphatic rings. The van der Waals surface area contributed by atoms with Crippen molar-refractivity contribution in [3.8, 4) is 11.5 Å². The van der Waals surface area contributed by atoms with Crippen molar-refractivity contribution in [2.75, 3.05) is 25.2 Å². The molecule has 0 bridgehead atoms. The van der Waals surface area contributed by atoms with E-state index in [4.69, 9.17) is 9.47 Å². The maximum Gasteiger partial charge on any atom is 0.269 e. The lowest BCUT2D eigenvalue weighted by atomic mass is 10.1. The molecule has 0 spiro atoms. The van der Waals surface area contributed by atoms with Crippen LogP contribution in [0, 0.1) is 5.92 Å². The van der Waals surface area contributed by atoms with Gasteiger partial charge in [-0.3, -0.25) is 20.4 Å². The van der Waals surface area contributed by atoms with E-state index in [2.05, 4.69) is 17.8 Å². The zero-order chi connectivity index (χ0) is 19.9. The highest BCUT2D eigenvalue weighted by molar-refractivity contribution is 7.91. The number of benzene rings is 1. The fraction of sp³-hybridized carbons (Fsp3) is 0.556. The van der Waals surface area contributed by atoms with Crippen molar-refractivity contribution >= 4 is 21.7 Å². The van der Waals surface area contributed by atoms with Crippen molar-refractivity contribution in [2.24, 2.45) is 5.92 Å². The molecule has 1 fully saturated rings. The van der Waals surface area contributed by atoms with Gasteiger partial charge in [0.05, 0.1) is 25.2 Å². The average molecular weight is 398 g/mol. The summed E-state index contributed by atoms with van der Waals surface area (Å²) in [5, 5.41) is 0. The molecule has 1 aromatic rings. The SMILES string of the molecule is CCCCOc1ccc(C(=O)NNC(=O)C[C@H]2CCS(=O)(=O)C2)cc1OC. The van der Waals surface area contributed by atoms with Crippen LogP contribution >= 0.6 is 0 Å². The first kappa shape index (κ1) is 21.0. The molecule has 1 saturated heterocycles. The predicted octanol–water partition coefficient (Wildman–Crippen LogP) is 1.46. The van der Waals surface area contributed by atoms with Gasteiger partial charge in [0.1, 0.15) is 0 Å². The van der Waals surface area contributed by atoms with Crippen molar-refractivity contribution in [3.63, 3.8) is 0 Å². The second-order valence-electron chi connectivity index (χ2n) is 6.54. The van der Waals surface area contributed by atoms with E-state index in [1.54, 1.807) is 12.1 Å². The van der Waals surface area contributed by atoms with Crippen molar-refractivity contribution in [2.45, 2.75) is 32.6 Å². The van der Waals surface area contributed by atoms with Gasteiger partial charge in [0.25, 0.3) is 5.91 Å². The monoisotopic (exact) mass is 398 g/mol. The van der Waals surface area contributed by atoms with E-state index in [1.807, 2.05) is 0 Å². The Morgan fingerprint density at radius 1 is 1.22 bits per heavy atom. The van der Waals surface area contributed by atoms with E-state index in [0.29, 0.717) is 30.1 Å². The summed E-state index contributed by atoms with van der Waals surface area (Å²) < 4.78 is 33.7. The normalized spacial score (nSPS) is 17.9. The van der Waals surface area contributed by atoms with Crippen molar-refractivity contribution in [1.29, 1.82) is 0 Å². The number of sulfone groups is 1. The molecule has 2 amide bonds. The first-order chi connectivity index (χ1) is 12.8. The molecule has 2 rings (SSSR count). The quantitative estimate of drug-likeness (QED) is 0.507. The lowest BCUT2D eigenvalue weighted by Gasteiger charge is -2.13. The molecule has 9 heteroatoms. The Bertz CT molecular complexity index is 778. The predicted molar refractivity (Wildman–Crippen MR) is 100 cm³/mol. The van der Waals surface area contributed by atoms with Crippen LogP contribution < -0.4 is 20.3 Å². The van der Waals surface area contributed by atoms with Gasteiger partial charge in [-0.1, -0.05) is 13.3 Å². The molecule has 0 saturated carbocycles. The van der Waals surface area contributed by atoms with Crippen LogP contribution in [0.25, 0.3) is 0 Å². The third-order valence-corrected chi connectivity index (χ3v) is 6.13. The van der Waals surface area contributed by atoms with Crippen LogP contribution in [0.3, 0.4) is 0 Å². The van der Waals surface area contributed by atoms with Crippen molar-refractivity contribution in [1.82, 2.24) is 10.9 Å². The van der Waals surface area contributed by atoms with Crippen LogP contribution in [0.5, 0.6) is 11.5 Å². The lowest BCUT2D eigenvalue weighted by molar-refractivity contribution is -0.122. The molecule has 27 heavy (non-hydrogen) atoms. The van der Waals surface area contributed by atoms with E-state index in [-0.39, 0.29) is 23.8 Å². The second kappa shape index (κ2) is 9.59. The van der Waals surface area contributed by atoms with E-state index in [0.717, 1.165) is 12.8 Å². The number of carbonyl (C=O) groups is 2. The molecule has 150 valence electrons. The van der Waals surface area contributed by atoms with Crippen LogP contribution in [-0.4, -0.2) is 45.5 Å². The number of hydrogen-bond acceptors (Lipinski definition) is 6. The van der Waals surface area contributed by atoms with Gasteiger partial charge >= 0.3 is 0 Å². The minimum absolute atomic E-state index is 0.0189. The highest BCUT2D eigenvalue weighted by atomic mass is 32.2. The fourth-order valence-electron chi connectivity index (χ4n) is 2.80. The first-order valence-corrected chi connectivity index (χ1v) is 10.8. The van der Waals surface area contributed by atoms with Gasteiger partial charge in [-0.05, 0) is 37.0 Å². The first-order valence-electron chi connectivity index (χ1n) is 8.95. The summed E-state index contributed by atoms with van der Waals surface area (Å²) in [6.07, 6.45) is 2.46. The van der Waals surface area contributed by atoms with Gasteiger partial charge < -0.3 is 9.47 Å². The van der Waals surface area contributed by atoms with Crippen LogP contribution in [0.2, 0.25) is 0 Å². The van der Waals surface area contributed by atoms with Crippen LogP contribution in [0.15, 0.2) is 18.2 Å². The number of methoxy groups -OCH3 is 1. The van der Waals surface area contributed by atoms with Gasteiger partial charge in [-0.25, -0.2) is 8.42 Å². The number of nitrogens with one attached hydrogen (secondary N) is 2. The minimum Gasteiger partial charge on any atom is -0.493 e. The summed E-state index contributed by atoms with van der Waals surface area (Å²) >= 11 is 0. The van der Waals surface area contributed by atoms with Crippen molar-refractivity contribution in [3.05, 3.63) is 23.8 Å². The van der Waals surface area contributed by atoms with Gasteiger partial charge in [0, 0.05) is 12.0 Å². The molecule has 1 heterocycles. The summed E-state index contributed by atoms with van der Waals surface area (Å²) in [6.45, 7) is 2.62. The smallest absolute Gasteiger partial charge is 0.269 e. The van der Waals surface area contributed by atoms with Gasteiger partial charge in [0.15, 0.2) is 21.3 Å². The summed E-state index contributed by atoms with van der Waals surface area (Å²) in [6, 6.07) is 4.76. The van der Waals surface area contributed by atoms with Crippen LogP contribution in [0.1, 0.15) is 43.0 Å². The number of carbonyl (C=O) groups excluding carboxylic acids is 2. The number of hydrogen-bond donors (Lipinski definition) is 2.